The zero-order valence-corrected chi connectivity index (χ0v) is 7.96. The summed E-state index contributed by atoms with van der Waals surface area (Å²) in [5.41, 5.74) is 0.112. The van der Waals surface area contributed by atoms with E-state index in [1.54, 1.807) is 0 Å². The third-order valence-electron chi connectivity index (χ3n) is 2.93. The first-order valence-corrected chi connectivity index (χ1v) is 4.24. The van der Waals surface area contributed by atoms with E-state index in [9.17, 15) is 4.79 Å². The van der Waals surface area contributed by atoms with Crippen molar-refractivity contribution in [2.45, 2.75) is 20.3 Å². The fraction of sp³-hybridized carbons (Fsp3) is 0.700. The lowest BCUT2D eigenvalue weighted by Crippen LogP contribution is -2.07. The number of esters is 1. The van der Waals surface area contributed by atoms with E-state index >= 15 is 0 Å². The summed E-state index contributed by atoms with van der Waals surface area (Å²) in [6.45, 7) is 7.87. The number of hydrogen-bond donors (Lipinski definition) is 0. The van der Waals surface area contributed by atoms with E-state index < -0.39 is 0 Å². The molecule has 2 atom stereocenters. The van der Waals surface area contributed by atoms with Crippen LogP contribution in [0.15, 0.2) is 12.7 Å². The van der Waals surface area contributed by atoms with Crippen molar-refractivity contribution in [1.82, 2.24) is 0 Å². The van der Waals surface area contributed by atoms with E-state index in [0.29, 0.717) is 5.92 Å². The molecule has 0 heterocycles. The second kappa shape index (κ2) is 2.92. The van der Waals surface area contributed by atoms with Crippen molar-refractivity contribution in [2.24, 2.45) is 17.3 Å². The number of allylic oxidation sites excluding steroid dienone is 1. The van der Waals surface area contributed by atoms with Gasteiger partial charge in [0, 0.05) is 0 Å². The highest BCUT2D eigenvalue weighted by Gasteiger charge is 2.61. The summed E-state index contributed by atoms with van der Waals surface area (Å²) in [5.74, 6) is 0.440. The molecule has 1 fully saturated rings. The molecule has 0 spiro atoms. The predicted octanol–water partition coefficient (Wildman–Crippen LogP) is 2.01. The maximum absolute atomic E-state index is 11.2. The topological polar surface area (TPSA) is 26.3 Å². The summed E-state index contributed by atoms with van der Waals surface area (Å²) >= 11 is 0. The zero-order valence-electron chi connectivity index (χ0n) is 7.96. The molecule has 0 amide bonds. The summed E-state index contributed by atoms with van der Waals surface area (Å²) in [4.78, 5) is 11.2. The lowest BCUT2D eigenvalue weighted by molar-refractivity contribution is -0.143. The van der Waals surface area contributed by atoms with Crippen LogP contribution in [0.25, 0.3) is 0 Å². The molecule has 0 N–H and O–H groups in total. The molecule has 0 radical (unpaired) electrons. The zero-order chi connectivity index (χ0) is 9.35. The highest BCUT2D eigenvalue weighted by molar-refractivity contribution is 5.77. The van der Waals surface area contributed by atoms with Crippen LogP contribution in [0, 0.1) is 17.3 Å². The fourth-order valence-corrected chi connectivity index (χ4v) is 1.96. The first-order chi connectivity index (χ1) is 5.55. The molecule has 68 valence electrons. The van der Waals surface area contributed by atoms with E-state index in [-0.39, 0.29) is 17.3 Å². The smallest absolute Gasteiger partial charge is 0.309 e. The van der Waals surface area contributed by atoms with Gasteiger partial charge in [0.1, 0.15) is 0 Å². The van der Waals surface area contributed by atoms with Gasteiger partial charge in [0.15, 0.2) is 0 Å². The van der Waals surface area contributed by atoms with Gasteiger partial charge in [-0.05, 0) is 17.8 Å². The number of ether oxygens (including phenoxy) is 1. The van der Waals surface area contributed by atoms with Crippen molar-refractivity contribution in [1.29, 1.82) is 0 Å². The van der Waals surface area contributed by atoms with Crippen LogP contribution in [0.4, 0.5) is 0 Å². The molecule has 0 unspecified atom stereocenters. The van der Waals surface area contributed by atoms with Gasteiger partial charge < -0.3 is 4.74 Å². The van der Waals surface area contributed by atoms with E-state index in [1.807, 2.05) is 6.08 Å². The number of carbonyl (C=O) groups is 1. The van der Waals surface area contributed by atoms with Crippen LogP contribution >= 0.6 is 0 Å². The van der Waals surface area contributed by atoms with Gasteiger partial charge in [0.25, 0.3) is 0 Å². The normalized spacial score (nSPS) is 30.9. The number of methoxy groups -OCH3 is 1. The second-order valence-corrected chi connectivity index (χ2v) is 3.95. The van der Waals surface area contributed by atoms with E-state index in [0.717, 1.165) is 6.42 Å². The minimum absolute atomic E-state index is 0.0770. The molecule has 0 saturated heterocycles. The lowest BCUT2D eigenvalue weighted by Gasteiger charge is -1.99. The van der Waals surface area contributed by atoms with Crippen molar-refractivity contribution < 1.29 is 9.53 Å². The SMILES string of the molecule is C=CC[C@H]1[C@H](C(=O)OC)C1(C)C. The van der Waals surface area contributed by atoms with Crippen molar-refractivity contribution >= 4 is 5.97 Å². The molecule has 2 heteroatoms. The summed E-state index contributed by atoms with van der Waals surface area (Å²) in [7, 11) is 1.45. The van der Waals surface area contributed by atoms with Gasteiger partial charge in [0.2, 0.25) is 0 Å². The Morgan fingerprint density at radius 3 is 2.67 bits per heavy atom. The second-order valence-electron chi connectivity index (χ2n) is 3.95. The molecule has 1 saturated carbocycles. The average Bonchev–Trinajstić information content (AvgIpc) is 2.53. The summed E-state index contributed by atoms with van der Waals surface area (Å²) in [6, 6.07) is 0. The van der Waals surface area contributed by atoms with Gasteiger partial charge in [-0.25, -0.2) is 0 Å². The highest BCUT2D eigenvalue weighted by Crippen LogP contribution is 2.60. The van der Waals surface area contributed by atoms with Crippen LogP contribution in [0.3, 0.4) is 0 Å². The molecule has 0 bridgehead atoms. The van der Waals surface area contributed by atoms with E-state index in [1.165, 1.54) is 7.11 Å². The highest BCUT2D eigenvalue weighted by atomic mass is 16.5. The third kappa shape index (κ3) is 1.26. The standard InChI is InChI=1S/C10H16O2/c1-5-6-7-8(9(11)12-4)10(7,2)3/h5,7-8H,1,6H2,2-4H3/t7-,8+/m0/s1. The first-order valence-electron chi connectivity index (χ1n) is 4.24. The molecule has 0 aromatic carbocycles. The Labute approximate surface area is 73.6 Å². The quantitative estimate of drug-likeness (QED) is 0.476. The molecule has 0 aliphatic heterocycles. The average molecular weight is 168 g/mol. The summed E-state index contributed by atoms with van der Waals surface area (Å²) in [5, 5.41) is 0. The monoisotopic (exact) mass is 168 g/mol. The molecule has 12 heavy (non-hydrogen) atoms. The number of carbonyl (C=O) groups excluding carboxylic acids is 1. The molecule has 1 aliphatic rings. The molecule has 1 aliphatic carbocycles. The Morgan fingerprint density at radius 2 is 2.25 bits per heavy atom. The van der Waals surface area contributed by atoms with Crippen molar-refractivity contribution in [3.63, 3.8) is 0 Å². The van der Waals surface area contributed by atoms with Gasteiger partial charge in [-0.2, -0.15) is 0 Å². The third-order valence-corrected chi connectivity index (χ3v) is 2.93. The molecular weight excluding hydrogens is 152 g/mol. The molecule has 2 nitrogen and oxygen atoms in total. The van der Waals surface area contributed by atoms with Gasteiger partial charge in [0.05, 0.1) is 13.0 Å². The Bertz CT molecular complexity index is 206. The maximum Gasteiger partial charge on any atom is 0.309 e. The molecular formula is C10H16O2. The van der Waals surface area contributed by atoms with E-state index in [2.05, 4.69) is 20.4 Å². The Balaban J connectivity index is 2.59. The Morgan fingerprint density at radius 1 is 1.67 bits per heavy atom. The maximum atomic E-state index is 11.2. The number of hydrogen-bond acceptors (Lipinski definition) is 2. The van der Waals surface area contributed by atoms with Crippen LogP contribution in [0.1, 0.15) is 20.3 Å². The number of rotatable bonds is 3. The van der Waals surface area contributed by atoms with E-state index in [4.69, 9.17) is 4.74 Å². The van der Waals surface area contributed by atoms with Crippen LogP contribution in [-0.4, -0.2) is 13.1 Å². The van der Waals surface area contributed by atoms with Crippen LogP contribution in [0.5, 0.6) is 0 Å². The molecule has 0 aromatic rings. The summed E-state index contributed by atoms with van der Waals surface area (Å²) < 4.78 is 4.71. The van der Waals surface area contributed by atoms with Crippen LogP contribution < -0.4 is 0 Å². The largest absolute Gasteiger partial charge is 0.469 e. The molecule has 1 rings (SSSR count). The van der Waals surface area contributed by atoms with Crippen LogP contribution in [0.2, 0.25) is 0 Å². The van der Waals surface area contributed by atoms with Crippen molar-refractivity contribution in [2.75, 3.05) is 7.11 Å². The Hall–Kier alpha value is -0.790. The minimum atomic E-state index is -0.0770. The Kier molecular flexibility index (Phi) is 2.27. The lowest BCUT2D eigenvalue weighted by atomic mass is 10.1. The van der Waals surface area contributed by atoms with Gasteiger partial charge in [-0.1, -0.05) is 19.9 Å². The fourth-order valence-electron chi connectivity index (χ4n) is 1.96. The van der Waals surface area contributed by atoms with Gasteiger partial charge >= 0.3 is 5.97 Å². The first kappa shape index (κ1) is 9.30. The van der Waals surface area contributed by atoms with Gasteiger partial charge in [-0.15, -0.1) is 6.58 Å². The summed E-state index contributed by atoms with van der Waals surface area (Å²) in [6.07, 6.45) is 2.78. The molecule has 0 aromatic heterocycles. The van der Waals surface area contributed by atoms with Gasteiger partial charge in [-0.3, -0.25) is 4.79 Å². The minimum Gasteiger partial charge on any atom is -0.469 e. The van der Waals surface area contributed by atoms with Crippen molar-refractivity contribution in [3.8, 4) is 0 Å². The predicted molar refractivity (Wildman–Crippen MR) is 47.6 cm³/mol. The van der Waals surface area contributed by atoms with Crippen molar-refractivity contribution in [3.05, 3.63) is 12.7 Å². The van der Waals surface area contributed by atoms with Crippen LogP contribution in [-0.2, 0) is 9.53 Å².